The number of nitrogens with zero attached hydrogens (tertiary/aromatic N) is 1. The van der Waals surface area contributed by atoms with Gasteiger partial charge in [-0.25, -0.2) is 4.79 Å². The van der Waals surface area contributed by atoms with Crippen molar-refractivity contribution < 1.29 is 4.79 Å². The number of hydrogen-bond donors (Lipinski definition) is 1. The maximum Gasteiger partial charge on any atom is 0.321 e. The number of benzene rings is 1. The van der Waals surface area contributed by atoms with Gasteiger partial charge < -0.3 is 10.2 Å². The van der Waals surface area contributed by atoms with E-state index in [1.165, 1.54) is 0 Å². The van der Waals surface area contributed by atoms with Crippen LogP contribution in [0.25, 0.3) is 0 Å². The topological polar surface area (TPSA) is 32.3 Å². The maximum atomic E-state index is 11.6. The van der Waals surface area contributed by atoms with Gasteiger partial charge in [-0.1, -0.05) is 33.6 Å². The van der Waals surface area contributed by atoms with Crippen LogP contribution in [0, 0.1) is 6.92 Å². The number of carbonyl (C=O) groups is 1. The van der Waals surface area contributed by atoms with Crippen LogP contribution in [-0.2, 0) is 0 Å². The normalized spacial score (nSPS) is 10.0. The summed E-state index contributed by atoms with van der Waals surface area (Å²) in [5.41, 5.74) is 1.70. The van der Waals surface area contributed by atoms with Gasteiger partial charge in [0.1, 0.15) is 0 Å². The Hall–Kier alpha value is -0.740. The molecule has 16 heavy (non-hydrogen) atoms. The molecular weight excluding hydrogens is 291 g/mol. The molecule has 0 bridgehead atoms. The minimum atomic E-state index is -0.139. The summed E-state index contributed by atoms with van der Waals surface area (Å²) < 4.78 is 0. The Morgan fingerprint density at radius 3 is 2.81 bits per heavy atom. The Balaban J connectivity index is 2.66. The first kappa shape index (κ1) is 13.3. The standard InChI is InChI=1S/C11H14BrClN2O/c1-8-3-4-9(7-10(8)13)14-11(16)15(2)6-5-12/h3-4,7H,5-6H2,1-2H3,(H,14,16). The van der Waals surface area contributed by atoms with Gasteiger partial charge >= 0.3 is 6.03 Å². The SMILES string of the molecule is Cc1ccc(NC(=O)N(C)CCBr)cc1Cl. The largest absolute Gasteiger partial charge is 0.327 e. The first-order chi connectivity index (χ1) is 7.54. The van der Waals surface area contributed by atoms with E-state index in [9.17, 15) is 4.79 Å². The van der Waals surface area contributed by atoms with Gasteiger partial charge in [0.15, 0.2) is 0 Å². The van der Waals surface area contributed by atoms with Gasteiger partial charge in [-0.15, -0.1) is 0 Å². The fourth-order valence-corrected chi connectivity index (χ4v) is 1.83. The van der Waals surface area contributed by atoms with Crippen LogP contribution in [0.15, 0.2) is 18.2 Å². The molecule has 0 heterocycles. The van der Waals surface area contributed by atoms with E-state index in [-0.39, 0.29) is 6.03 Å². The lowest BCUT2D eigenvalue weighted by molar-refractivity contribution is 0.225. The smallest absolute Gasteiger partial charge is 0.321 e. The van der Waals surface area contributed by atoms with E-state index in [1.54, 1.807) is 18.0 Å². The number of aryl methyl sites for hydroxylation is 1. The Morgan fingerprint density at radius 2 is 2.25 bits per heavy atom. The van der Waals surface area contributed by atoms with E-state index in [0.29, 0.717) is 17.3 Å². The van der Waals surface area contributed by atoms with E-state index in [4.69, 9.17) is 11.6 Å². The molecule has 88 valence electrons. The van der Waals surface area contributed by atoms with Crippen molar-refractivity contribution >= 4 is 39.2 Å². The first-order valence-electron chi connectivity index (χ1n) is 4.89. The molecule has 1 N–H and O–H groups in total. The van der Waals surface area contributed by atoms with Gasteiger partial charge in [0.25, 0.3) is 0 Å². The highest BCUT2D eigenvalue weighted by Gasteiger charge is 2.08. The lowest BCUT2D eigenvalue weighted by Gasteiger charge is -2.16. The molecule has 0 saturated heterocycles. The molecule has 0 aliphatic heterocycles. The highest BCUT2D eigenvalue weighted by Crippen LogP contribution is 2.20. The summed E-state index contributed by atoms with van der Waals surface area (Å²) in [6, 6.07) is 5.32. The third-order valence-electron chi connectivity index (χ3n) is 2.19. The minimum Gasteiger partial charge on any atom is -0.327 e. The molecule has 0 aromatic heterocycles. The Labute approximate surface area is 109 Å². The van der Waals surface area contributed by atoms with E-state index < -0.39 is 0 Å². The molecule has 5 heteroatoms. The van der Waals surface area contributed by atoms with Gasteiger partial charge in [0.2, 0.25) is 0 Å². The van der Waals surface area contributed by atoms with Gasteiger partial charge in [-0.2, -0.15) is 0 Å². The fourth-order valence-electron chi connectivity index (χ4n) is 1.12. The molecule has 0 atom stereocenters. The zero-order valence-corrected chi connectivity index (χ0v) is 11.6. The molecule has 3 nitrogen and oxygen atoms in total. The number of nitrogens with one attached hydrogen (secondary N) is 1. The molecule has 0 saturated carbocycles. The molecule has 2 amide bonds. The maximum absolute atomic E-state index is 11.6. The van der Waals surface area contributed by atoms with Gasteiger partial charge in [0, 0.05) is 29.6 Å². The molecule has 0 unspecified atom stereocenters. The quantitative estimate of drug-likeness (QED) is 0.852. The number of hydrogen-bond acceptors (Lipinski definition) is 1. The lowest BCUT2D eigenvalue weighted by Crippen LogP contribution is -2.32. The second kappa shape index (κ2) is 6.11. The molecule has 0 spiro atoms. The van der Waals surface area contributed by atoms with Crippen LogP contribution in [-0.4, -0.2) is 29.9 Å². The van der Waals surface area contributed by atoms with E-state index >= 15 is 0 Å². The summed E-state index contributed by atoms with van der Waals surface area (Å²) in [5, 5.41) is 4.19. The molecule has 1 aromatic rings. The summed E-state index contributed by atoms with van der Waals surface area (Å²) in [4.78, 5) is 13.2. The number of urea groups is 1. The molecule has 1 rings (SSSR count). The molecular formula is C11H14BrClN2O. The van der Waals surface area contributed by atoms with Crippen LogP contribution < -0.4 is 5.32 Å². The van der Waals surface area contributed by atoms with Crippen LogP contribution in [0.2, 0.25) is 5.02 Å². The van der Waals surface area contributed by atoms with Crippen molar-refractivity contribution in [1.82, 2.24) is 4.90 Å². The number of anilines is 1. The van der Waals surface area contributed by atoms with Gasteiger partial charge in [0.05, 0.1) is 0 Å². The fraction of sp³-hybridized carbons (Fsp3) is 0.364. The van der Waals surface area contributed by atoms with Crippen LogP contribution >= 0.6 is 27.5 Å². The van der Waals surface area contributed by atoms with Gasteiger partial charge in [-0.05, 0) is 24.6 Å². The van der Waals surface area contributed by atoms with Crippen LogP contribution in [0.4, 0.5) is 10.5 Å². The third kappa shape index (κ3) is 3.68. The molecule has 1 aromatic carbocycles. The van der Waals surface area contributed by atoms with Crippen LogP contribution in [0.3, 0.4) is 0 Å². The van der Waals surface area contributed by atoms with Gasteiger partial charge in [-0.3, -0.25) is 0 Å². The monoisotopic (exact) mass is 304 g/mol. The number of alkyl halides is 1. The highest BCUT2D eigenvalue weighted by atomic mass is 79.9. The Morgan fingerprint density at radius 1 is 1.56 bits per heavy atom. The minimum absolute atomic E-state index is 0.139. The van der Waals surface area contributed by atoms with Crippen molar-refractivity contribution in [2.75, 3.05) is 24.2 Å². The number of rotatable bonds is 3. The number of amides is 2. The van der Waals surface area contributed by atoms with Crippen molar-refractivity contribution in [2.45, 2.75) is 6.92 Å². The van der Waals surface area contributed by atoms with Crippen molar-refractivity contribution in [2.24, 2.45) is 0 Å². The predicted octanol–water partition coefficient (Wildman–Crippen LogP) is 3.51. The summed E-state index contributed by atoms with van der Waals surface area (Å²) in [6.45, 7) is 2.58. The average Bonchev–Trinajstić information content (AvgIpc) is 2.24. The third-order valence-corrected chi connectivity index (χ3v) is 2.95. The molecule has 0 fully saturated rings. The lowest BCUT2D eigenvalue weighted by atomic mass is 10.2. The zero-order chi connectivity index (χ0) is 12.1. The highest BCUT2D eigenvalue weighted by molar-refractivity contribution is 9.09. The summed E-state index contributed by atoms with van der Waals surface area (Å²) in [6.07, 6.45) is 0. The summed E-state index contributed by atoms with van der Waals surface area (Å²) in [7, 11) is 1.74. The van der Waals surface area contributed by atoms with Crippen LogP contribution in [0.1, 0.15) is 5.56 Å². The average molecular weight is 306 g/mol. The van der Waals surface area contributed by atoms with Crippen molar-refractivity contribution in [1.29, 1.82) is 0 Å². The van der Waals surface area contributed by atoms with Crippen molar-refractivity contribution in [3.63, 3.8) is 0 Å². The second-order valence-electron chi connectivity index (χ2n) is 3.50. The molecule has 0 aliphatic rings. The zero-order valence-electron chi connectivity index (χ0n) is 9.26. The van der Waals surface area contributed by atoms with Crippen molar-refractivity contribution in [3.8, 4) is 0 Å². The first-order valence-corrected chi connectivity index (χ1v) is 6.38. The Kier molecular flexibility index (Phi) is 5.09. The van der Waals surface area contributed by atoms with Crippen LogP contribution in [0.5, 0.6) is 0 Å². The van der Waals surface area contributed by atoms with Crippen molar-refractivity contribution in [3.05, 3.63) is 28.8 Å². The second-order valence-corrected chi connectivity index (χ2v) is 4.70. The summed E-state index contributed by atoms with van der Waals surface area (Å²) >= 11 is 9.25. The summed E-state index contributed by atoms with van der Waals surface area (Å²) in [5.74, 6) is 0. The Bertz CT molecular complexity index is 384. The molecule has 0 radical (unpaired) electrons. The number of halogens is 2. The van der Waals surface area contributed by atoms with E-state index in [0.717, 1.165) is 10.9 Å². The molecule has 0 aliphatic carbocycles. The predicted molar refractivity (Wildman–Crippen MR) is 71.6 cm³/mol. The van der Waals surface area contributed by atoms with E-state index in [1.807, 2.05) is 19.1 Å². The number of carbonyl (C=O) groups excluding carboxylic acids is 1. The van der Waals surface area contributed by atoms with E-state index in [2.05, 4.69) is 21.2 Å².